The van der Waals surface area contributed by atoms with Crippen LogP contribution in [0.15, 0.2) is 57.7 Å². The van der Waals surface area contributed by atoms with Crippen LogP contribution in [0.3, 0.4) is 0 Å². The normalized spacial score (nSPS) is 17.3. The monoisotopic (exact) mass is 391 g/mol. The molecule has 1 aliphatic heterocycles. The summed E-state index contributed by atoms with van der Waals surface area (Å²) in [6.45, 7) is 2.32. The first-order chi connectivity index (χ1) is 14.2. The molecule has 2 aromatic heterocycles. The van der Waals surface area contributed by atoms with Gasteiger partial charge in [0.05, 0.1) is 18.0 Å². The van der Waals surface area contributed by atoms with Gasteiger partial charge in [-0.25, -0.2) is 4.98 Å². The third kappa shape index (κ3) is 3.62. The highest BCUT2D eigenvalue weighted by Crippen LogP contribution is 2.29. The van der Waals surface area contributed by atoms with Gasteiger partial charge in [0.2, 0.25) is 5.58 Å². The molecular formula is C22H21N3O4. The number of hydrogen-bond donors (Lipinski definition) is 2. The Balaban J connectivity index is 1.47. The van der Waals surface area contributed by atoms with E-state index in [1.54, 1.807) is 6.07 Å². The summed E-state index contributed by atoms with van der Waals surface area (Å²) in [6, 6.07) is 15.4. The lowest BCUT2D eigenvalue weighted by Gasteiger charge is -2.13. The predicted octanol–water partition coefficient (Wildman–Crippen LogP) is 2.81. The van der Waals surface area contributed by atoms with Crippen molar-refractivity contribution in [3.05, 3.63) is 70.3 Å². The molecule has 4 aromatic rings. The lowest BCUT2D eigenvalue weighted by Crippen LogP contribution is -2.24. The van der Waals surface area contributed by atoms with E-state index in [0.29, 0.717) is 42.4 Å². The number of aliphatic hydroxyl groups excluding tert-OH is 1. The van der Waals surface area contributed by atoms with Crippen LogP contribution in [0.5, 0.6) is 5.75 Å². The van der Waals surface area contributed by atoms with Crippen LogP contribution >= 0.6 is 0 Å². The molecule has 29 heavy (non-hydrogen) atoms. The van der Waals surface area contributed by atoms with Gasteiger partial charge in [-0.1, -0.05) is 30.3 Å². The molecular weight excluding hydrogens is 370 g/mol. The lowest BCUT2D eigenvalue weighted by molar-refractivity contribution is 0.174. The van der Waals surface area contributed by atoms with E-state index in [0.717, 1.165) is 23.9 Å². The van der Waals surface area contributed by atoms with Crippen molar-refractivity contribution in [2.45, 2.75) is 25.7 Å². The minimum absolute atomic E-state index is 0.213. The van der Waals surface area contributed by atoms with Crippen molar-refractivity contribution < 1.29 is 14.3 Å². The van der Waals surface area contributed by atoms with Gasteiger partial charge in [0.15, 0.2) is 0 Å². The summed E-state index contributed by atoms with van der Waals surface area (Å²) in [7, 11) is 0. The van der Waals surface area contributed by atoms with Crippen molar-refractivity contribution in [3.63, 3.8) is 0 Å². The van der Waals surface area contributed by atoms with Crippen LogP contribution < -0.4 is 10.3 Å². The number of nitrogens with one attached hydrogen (secondary N) is 1. The van der Waals surface area contributed by atoms with Gasteiger partial charge in [0.1, 0.15) is 29.3 Å². The van der Waals surface area contributed by atoms with Crippen molar-refractivity contribution in [1.82, 2.24) is 14.9 Å². The first-order valence-electron chi connectivity index (χ1n) is 9.68. The molecule has 1 saturated heterocycles. The molecule has 5 rings (SSSR count). The number of rotatable bonds is 5. The van der Waals surface area contributed by atoms with Gasteiger partial charge in [-0.15, -0.1) is 0 Å². The van der Waals surface area contributed by atoms with Crippen molar-refractivity contribution in [3.8, 4) is 5.75 Å². The summed E-state index contributed by atoms with van der Waals surface area (Å²) >= 11 is 0. The fourth-order valence-corrected chi connectivity index (χ4v) is 3.75. The number of aromatic nitrogens is 2. The molecule has 2 aromatic carbocycles. The van der Waals surface area contributed by atoms with E-state index in [-0.39, 0.29) is 17.2 Å². The zero-order valence-corrected chi connectivity index (χ0v) is 15.8. The number of furan rings is 1. The third-order valence-electron chi connectivity index (χ3n) is 5.21. The Morgan fingerprint density at radius 2 is 2.10 bits per heavy atom. The number of aliphatic hydroxyl groups is 1. The molecule has 7 nitrogen and oxygen atoms in total. The number of H-pyrrole nitrogens is 1. The molecule has 2 N–H and O–H groups in total. The van der Waals surface area contributed by atoms with Crippen molar-refractivity contribution >= 4 is 22.1 Å². The maximum absolute atomic E-state index is 12.5. The zero-order valence-electron chi connectivity index (χ0n) is 15.8. The van der Waals surface area contributed by atoms with Crippen LogP contribution in [-0.2, 0) is 13.2 Å². The summed E-state index contributed by atoms with van der Waals surface area (Å²) in [4.78, 5) is 22.0. The highest BCUT2D eigenvalue weighted by atomic mass is 16.5. The molecule has 1 fully saturated rings. The standard InChI is InChI=1S/C22H21N3O4/c26-15-8-9-25(11-15)12-19-23-20-17-10-16(28-13-14-4-2-1-3-5-14)6-7-18(17)29-21(20)22(27)24-19/h1-7,10,15,26H,8-9,11-13H2,(H,23,24,27)/t15-/m0/s1. The summed E-state index contributed by atoms with van der Waals surface area (Å²) in [6.07, 6.45) is 0.424. The molecule has 0 amide bonds. The van der Waals surface area contributed by atoms with E-state index in [4.69, 9.17) is 9.15 Å². The van der Waals surface area contributed by atoms with Gasteiger partial charge in [-0.3, -0.25) is 9.69 Å². The Morgan fingerprint density at radius 3 is 2.90 bits per heavy atom. The quantitative estimate of drug-likeness (QED) is 0.544. The summed E-state index contributed by atoms with van der Waals surface area (Å²) < 4.78 is 11.6. The topological polar surface area (TPSA) is 91.6 Å². The van der Waals surface area contributed by atoms with E-state index in [9.17, 15) is 9.90 Å². The lowest BCUT2D eigenvalue weighted by atomic mass is 10.2. The van der Waals surface area contributed by atoms with Crippen LogP contribution in [0.1, 0.15) is 17.8 Å². The molecule has 0 bridgehead atoms. The first-order valence-corrected chi connectivity index (χ1v) is 9.68. The first kappa shape index (κ1) is 17.9. The number of benzene rings is 2. The number of hydrogen-bond acceptors (Lipinski definition) is 6. The second kappa shape index (κ2) is 7.35. The molecule has 1 atom stereocenters. The van der Waals surface area contributed by atoms with E-state index in [1.165, 1.54) is 0 Å². The Bertz CT molecular complexity index is 1220. The Hall–Kier alpha value is -3.16. The highest BCUT2D eigenvalue weighted by Gasteiger charge is 2.22. The Morgan fingerprint density at radius 1 is 1.24 bits per heavy atom. The maximum Gasteiger partial charge on any atom is 0.294 e. The Kier molecular flexibility index (Phi) is 4.54. The fourth-order valence-electron chi connectivity index (χ4n) is 3.75. The summed E-state index contributed by atoms with van der Waals surface area (Å²) in [5.74, 6) is 1.25. The SMILES string of the molecule is O=c1[nH]c(CN2CC[C@H](O)C2)nc2c1oc1ccc(OCc3ccccc3)cc12. The number of aromatic amines is 1. The van der Waals surface area contributed by atoms with Crippen molar-refractivity contribution in [1.29, 1.82) is 0 Å². The number of ether oxygens (including phenoxy) is 1. The predicted molar refractivity (Wildman–Crippen MR) is 109 cm³/mol. The Labute approximate surface area is 166 Å². The molecule has 0 radical (unpaired) electrons. The second-order valence-electron chi connectivity index (χ2n) is 7.40. The van der Waals surface area contributed by atoms with Gasteiger partial charge in [0.25, 0.3) is 5.56 Å². The van der Waals surface area contributed by atoms with Gasteiger partial charge in [-0.2, -0.15) is 0 Å². The molecule has 148 valence electrons. The molecule has 0 saturated carbocycles. The van der Waals surface area contributed by atoms with Gasteiger partial charge >= 0.3 is 0 Å². The molecule has 3 heterocycles. The smallest absolute Gasteiger partial charge is 0.294 e. The van der Waals surface area contributed by atoms with E-state index in [2.05, 4.69) is 14.9 Å². The molecule has 7 heteroatoms. The van der Waals surface area contributed by atoms with Crippen molar-refractivity contribution in [2.24, 2.45) is 0 Å². The number of β-amino-alcohol motifs (C(OH)–C–C–N with tert-alkyl or cyclic N) is 1. The average Bonchev–Trinajstić information content (AvgIpc) is 3.30. The van der Waals surface area contributed by atoms with Crippen LogP contribution in [0.4, 0.5) is 0 Å². The molecule has 0 spiro atoms. The second-order valence-corrected chi connectivity index (χ2v) is 7.40. The highest BCUT2D eigenvalue weighted by molar-refractivity contribution is 6.02. The molecule has 0 unspecified atom stereocenters. The largest absolute Gasteiger partial charge is 0.489 e. The van der Waals surface area contributed by atoms with Gasteiger partial charge in [0, 0.05) is 13.1 Å². The number of fused-ring (bicyclic) bond motifs is 3. The van der Waals surface area contributed by atoms with Crippen LogP contribution in [0.2, 0.25) is 0 Å². The van der Waals surface area contributed by atoms with E-state index >= 15 is 0 Å². The number of likely N-dealkylation sites (tertiary alicyclic amines) is 1. The maximum atomic E-state index is 12.5. The van der Waals surface area contributed by atoms with Crippen LogP contribution in [0.25, 0.3) is 22.1 Å². The summed E-state index contributed by atoms with van der Waals surface area (Å²) in [5.41, 5.74) is 2.12. The van der Waals surface area contributed by atoms with Gasteiger partial charge < -0.3 is 19.2 Å². The number of nitrogens with zero attached hydrogens (tertiary/aromatic N) is 2. The van der Waals surface area contributed by atoms with Gasteiger partial charge in [-0.05, 0) is 30.2 Å². The molecule has 1 aliphatic rings. The molecule has 0 aliphatic carbocycles. The average molecular weight is 391 g/mol. The fraction of sp³-hybridized carbons (Fsp3) is 0.273. The van der Waals surface area contributed by atoms with Crippen LogP contribution in [0, 0.1) is 0 Å². The van der Waals surface area contributed by atoms with E-state index < -0.39 is 0 Å². The third-order valence-corrected chi connectivity index (χ3v) is 5.21. The minimum Gasteiger partial charge on any atom is -0.489 e. The van der Waals surface area contributed by atoms with E-state index in [1.807, 2.05) is 42.5 Å². The minimum atomic E-state index is -0.315. The zero-order chi connectivity index (χ0) is 19.8. The summed E-state index contributed by atoms with van der Waals surface area (Å²) in [5, 5.41) is 10.5. The van der Waals surface area contributed by atoms with Crippen LogP contribution in [-0.4, -0.2) is 39.2 Å². The van der Waals surface area contributed by atoms with Crippen molar-refractivity contribution in [2.75, 3.05) is 13.1 Å².